The molecule has 3 aromatic rings. The smallest absolute Gasteiger partial charge is 0.368 e. The van der Waals surface area contributed by atoms with E-state index in [9.17, 15) is 18.0 Å². The molecular formula is C23H24ClF3N6O. The van der Waals surface area contributed by atoms with Crippen molar-refractivity contribution in [3.63, 3.8) is 0 Å². The van der Waals surface area contributed by atoms with E-state index in [2.05, 4.69) is 27.4 Å². The Balaban J connectivity index is 1.57. The lowest BCUT2D eigenvalue weighted by Crippen LogP contribution is -2.51. The second-order valence-electron chi connectivity index (χ2n) is 8.43. The van der Waals surface area contributed by atoms with Crippen LogP contribution in [0.3, 0.4) is 0 Å². The van der Waals surface area contributed by atoms with Gasteiger partial charge in [0.1, 0.15) is 5.82 Å². The Morgan fingerprint density at radius 1 is 1.24 bits per heavy atom. The number of amides is 1. The van der Waals surface area contributed by atoms with Gasteiger partial charge in [-0.3, -0.25) is 4.79 Å². The van der Waals surface area contributed by atoms with Crippen LogP contribution in [-0.4, -0.2) is 49.9 Å². The number of benzene rings is 1. The summed E-state index contributed by atoms with van der Waals surface area (Å²) in [4.78, 5) is 20.8. The Kier molecular flexibility index (Phi) is 6.79. The fourth-order valence-corrected chi connectivity index (χ4v) is 4.32. The molecule has 2 unspecified atom stereocenters. The van der Waals surface area contributed by atoms with Crippen LogP contribution in [0.4, 0.5) is 19.0 Å². The van der Waals surface area contributed by atoms with Crippen molar-refractivity contribution in [3.05, 3.63) is 64.6 Å². The maximum Gasteiger partial charge on any atom is 0.417 e. The largest absolute Gasteiger partial charge is 0.417 e. The Labute approximate surface area is 199 Å². The zero-order valence-corrected chi connectivity index (χ0v) is 19.4. The maximum absolute atomic E-state index is 13.7. The molecule has 1 saturated heterocycles. The molecule has 1 aromatic carbocycles. The molecule has 4 rings (SSSR count). The molecule has 1 aliphatic rings. The number of piperidine rings is 1. The summed E-state index contributed by atoms with van der Waals surface area (Å²) in [5, 5.41) is 12.1. The minimum atomic E-state index is -4.44. The van der Waals surface area contributed by atoms with Gasteiger partial charge >= 0.3 is 6.18 Å². The van der Waals surface area contributed by atoms with Gasteiger partial charge in [-0.15, -0.1) is 0 Å². The molecule has 0 radical (unpaired) electrons. The standard InChI is InChI=1S/C23H24ClF3N6O/c1-14-4-3-9-32(20(14)13-29-21-8-5-16(12-28-21)23(25,26)27)22(34)18-10-17(24)6-7-19(18)33-30-11-15(2)31-33/h5-8,10-12,14,20H,3-4,9,13H2,1-2H3,(H,28,29). The van der Waals surface area contributed by atoms with Crippen molar-refractivity contribution in [1.29, 1.82) is 0 Å². The molecule has 0 saturated carbocycles. The molecule has 2 atom stereocenters. The maximum atomic E-state index is 13.7. The highest BCUT2D eigenvalue weighted by Gasteiger charge is 2.34. The molecule has 0 bridgehead atoms. The minimum absolute atomic E-state index is 0.173. The van der Waals surface area contributed by atoms with Crippen molar-refractivity contribution >= 4 is 23.3 Å². The summed E-state index contributed by atoms with van der Waals surface area (Å²) < 4.78 is 38.4. The Morgan fingerprint density at radius 2 is 2.03 bits per heavy atom. The first kappa shape index (κ1) is 24.0. The lowest BCUT2D eigenvalue weighted by molar-refractivity contribution is -0.137. The predicted octanol–water partition coefficient (Wildman–Crippen LogP) is 5.00. The Bertz CT molecular complexity index is 1160. The van der Waals surface area contributed by atoms with Gasteiger partial charge in [-0.05, 0) is 56.0 Å². The first-order valence-electron chi connectivity index (χ1n) is 10.9. The number of anilines is 1. The van der Waals surface area contributed by atoms with Crippen LogP contribution in [0.2, 0.25) is 5.02 Å². The molecule has 11 heteroatoms. The molecule has 1 N–H and O–H groups in total. The summed E-state index contributed by atoms with van der Waals surface area (Å²) in [6.07, 6.45) is -0.262. The molecule has 7 nitrogen and oxygen atoms in total. The zero-order chi connectivity index (χ0) is 24.5. The number of rotatable bonds is 5. The first-order chi connectivity index (χ1) is 16.1. The number of carbonyl (C=O) groups is 1. The van der Waals surface area contributed by atoms with E-state index in [1.165, 1.54) is 10.9 Å². The van der Waals surface area contributed by atoms with Gasteiger partial charge in [0.2, 0.25) is 0 Å². The van der Waals surface area contributed by atoms with Crippen molar-refractivity contribution in [2.45, 2.75) is 38.9 Å². The van der Waals surface area contributed by atoms with Crippen LogP contribution in [-0.2, 0) is 6.18 Å². The van der Waals surface area contributed by atoms with Crippen molar-refractivity contribution in [3.8, 4) is 5.69 Å². The van der Waals surface area contributed by atoms with Gasteiger partial charge < -0.3 is 10.2 Å². The normalized spacial score (nSPS) is 18.7. The number of hydrogen-bond donors (Lipinski definition) is 1. The molecular weight excluding hydrogens is 469 g/mol. The van der Waals surface area contributed by atoms with E-state index in [-0.39, 0.29) is 17.9 Å². The van der Waals surface area contributed by atoms with E-state index >= 15 is 0 Å². The van der Waals surface area contributed by atoms with E-state index in [0.717, 1.165) is 25.1 Å². The fourth-order valence-electron chi connectivity index (χ4n) is 4.15. The van der Waals surface area contributed by atoms with E-state index in [1.807, 2.05) is 6.92 Å². The van der Waals surface area contributed by atoms with Crippen LogP contribution < -0.4 is 5.32 Å². The first-order valence-corrected chi connectivity index (χ1v) is 11.3. The van der Waals surface area contributed by atoms with Gasteiger partial charge in [0, 0.05) is 24.3 Å². The highest BCUT2D eigenvalue weighted by Crippen LogP contribution is 2.30. The van der Waals surface area contributed by atoms with E-state index in [4.69, 9.17) is 11.6 Å². The van der Waals surface area contributed by atoms with Gasteiger partial charge in [0.15, 0.2) is 0 Å². The molecule has 180 valence electrons. The molecule has 1 fully saturated rings. The third kappa shape index (κ3) is 5.16. The van der Waals surface area contributed by atoms with Gasteiger partial charge in [-0.1, -0.05) is 18.5 Å². The number of aromatic nitrogens is 4. The van der Waals surface area contributed by atoms with E-state index in [1.54, 1.807) is 29.3 Å². The molecule has 34 heavy (non-hydrogen) atoms. The molecule has 1 aliphatic heterocycles. The highest BCUT2D eigenvalue weighted by molar-refractivity contribution is 6.31. The quantitative estimate of drug-likeness (QED) is 0.542. The van der Waals surface area contributed by atoms with E-state index in [0.29, 0.717) is 40.9 Å². The summed E-state index contributed by atoms with van der Waals surface area (Å²) in [7, 11) is 0. The molecule has 0 spiro atoms. The summed E-state index contributed by atoms with van der Waals surface area (Å²) in [5.74, 6) is 0.288. The lowest BCUT2D eigenvalue weighted by atomic mass is 9.90. The van der Waals surface area contributed by atoms with Crippen LogP contribution in [0.5, 0.6) is 0 Å². The Morgan fingerprint density at radius 3 is 2.68 bits per heavy atom. The number of nitrogens with one attached hydrogen (secondary N) is 1. The third-order valence-electron chi connectivity index (χ3n) is 5.97. The number of hydrogen-bond acceptors (Lipinski definition) is 5. The van der Waals surface area contributed by atoms with Gasteiger partial charge in [-0.2, -0.15) is 28.2 Å². The summed E-state index contributed by atoms with van der Waals surface area (Å²) in [5.41, 5.74) is 0.814. The summed E-state index contributed by atoms with van der Waals surface area (Å²) in [6, 6.07) is 7.09. The third-order valence-corrected chi connectivity index (χ3v) is 6.21. The fraction of sp³-hybridized carbons (Fsp3) is 0.391. The second kappa shape index (κ2) is 9.61. The molecule has 1 amide bonds. The average Bonchev–Trinajstić information content (AvgIpc) is 3.23. The van der Waals surface area contributed by atoms with E-state index < -0.39 is 11.7 Å². The topological polar surface area (TPSA) is 75.9 Å². The molecule has 0 aliphatic carbocycles. The SMILES string of the molecule is Cc1cnn(-c2ccc(Cl)cc2C(=O)N2CCCC(C)C2CNc2ccc(C(F)(F)F)cn2)n1. The number of pyridine rings is 1. The Hall–Kier alpha value is -3.14. The molecule has 3 heterocycles. The average molecular weight is 493 g/mol. The number of nitrogens with zero attached hydrogens (tertiary/aromatic N) is 5. The van der Waals surface area contributed by atoms with Gasteiger partial charge in [-0.25, -0.2) is 4.98 Å². The van der Waals surface area contributed by atoms with Crippen LogP contribution in [0.15, 0.2) is 42.7 Å². The van der Waals surface area contributed by atoms with Crippen LogP contribution in [0.1, 0.15) is 41.4 Å². The van der Waals surface area contributed by atoms with Gasteiger partial charge in [0.05, 0.1) is 34.7 Å². The lowest BCUT2D eigenvalue weighted by Gasteiger charge is -2.40. The number of halogens is 4. The van der Waals surface area contributed by atoms with Crippen molar-refractivity contribution < 1.29 is 18.0 Å². The van der Waals surface area contributed by atoms with Crippen molar-refractivity contribution in [1.82, 2.24) is 24.9 Å². The molecule has 2 aromatic heterocycles. The van der Waals surface area contributed by atoms with Crippen molar-refractivity contribution in [2.75, 3.05) is 18.4 Å². The minimum Gasteiger partial charge on any atom is -0.368 e. The number of alkyl halides is 3. The highest BCUT2D eigenvalue weighted by atomic mass is 35.5. The second-order valence-corrected chi connectivity index (χ2v) is 8.87. The van der Waals surface area contributed by atoms with Crippen LogP contribution >= 0.6 is 11.6 Å². The summed E-state index contributed by atoms with van der Waals surface area (Å²) in [6.45, 7) is 4.77. The zero-order valence-electron chi connectivity index (χ0n) is 18.7. The van der Waals surface area contributed by atoms with Crippen LogP contribution in [0.25, 0.3) is 5.69 Å². The predicted molar refractivity (Wildman–Crippen MR) is 122 cm³/mol. The monoisotopic (exact) mass is 492 g/mol. The van der Waals surface area contributed by atoms with Gasteiger partial charge in [0.25, 0.3) is 5.91 Å². The number of likely N-dealkylation sites (tertiary alicyclic amines) is 1. The summed E-state index contributed by atoms with van der Waals surface area (Å²) >= 11 is 6.22. The van der Waals surface area contributed by atoms with Crippen molar-refractivity contribution in [2.24, 2.45) is 5.92 Å². The number of carbonyl (C=O) groups excluding carboxylic acids is 1. The number of aryl methyl sites for hydroxylation is 1. The van der Waals surface area contributed by atoms with Crippen LogP contribution in [0, 0.1) is 12.8 Å².